The monoisotopic (exact) mass is 188 g/mol. The lowest BCUT2D eigenvalue weighted by Crippen LogP contribution is -2.37. The lowest BCUT2D eigenvalue weighted by atomic mass is 9.98. The zero-order valence-electron chi connectivity index (χ0n) is 8.80. The lowest BCUT2D eigenvalue weighted by molar-refractivity contribution is -0.161. The van der Waals surface area contributed by atoms with Crippen LogP contribution in [0.3, 0.4) is 0 Å². The molecule has 1 atom stereocenters. The van der Waals surface area contributed by atoms with Crippen molar-refractivity contribution in [3.63, 3.8) is 0 Å². The average Bonchev–Trinajstić information content (AvgIpc) is 2.12. The largest absolute Gasteiger partial charge is 0.479 e. The summed E-state index contributed by atoms with van der Waals surface area (Å²) in [6, 6.07) is 0. The average molecular weight is 188 g/mol. The van der Waals surface area contributed by atoms with Gasteiger partial charge in [0.25, 0.3) is 0 Å². The smallest absolute Gasteiger partial charge is 0.335 e. The van der Waals surface area contributed by atoms with Crippen LogP contribution in [-0.4, -0.2) is 23.8 Å². The molecule has 0 fully saturated rings. The third-order valence-corrected chi connectivity index (χ3v) is 2.41. The molecule has 0 aromatic carbocycles. The maximum Gasteiger partial charge on any atom is 0.335 e. The second-order valence-corrected chi connectivity index (χ2v) is 3.55. The number of aliphatic carboxylic acids is 1. The third-order valence-electron chi connectivity index (χ3n) is 2.41. The van der Waals surface area contributed by atoms with Crippen molar-refractivity contribution in [3.8, 4) is 0 Å². The van der Waals surface area contributed by atoms with Gasteiger partial charge >= 0.3 is 5.97 Å². The number of carboxylic acids is 1. The first-order valence-corrected chi connectivity index (χ1v) is 4.85. The van der Waals surface area contributed by atoms with E-state index < -0.39 is 11.6 Å². The SMILES string of the molecule is CCCCCCC(C)(OC)C(=O)O. The summed E-state index contributed by atoms with van der Waals surface area (Å²) in [4.78, 5) is 10.8. The molecule has 0 heterocycles. The van der Waals surface area contributed by atoms with Crippen LogP contribution >= 0.6 is 0 Å². The Morgan fingerprint density at radius 1 is 1.38 bits per heavy atom. The van der Waals surface area contributed by atoms with Crippen LogP contribution in [0.4, 0.5) is 0 Å². The molecule has 0 aliphatic heterocycles. The molecular weight excluding hydrogens is 168 g/mol. The molecule has 13 heavy (non-hydrogen) atoms. The van der Waals surface area contributed by atoms with Crippen LogP contribution in [-0.2, 0) is 9.53 Å². The number of ether oxygens (including phenoxy) is 1. The predicted octanol–water partition coefficient (Wildman–Crippen LogP) is 2.45. The highest BCUT2D eigenvalue weighted by molar-refractivity contribution is 5.76. The van der Waals surface area contributed by atoms with Gasteiger partial charge in [0.15, 0.2) is 5.60 Å². The van der Waals surface area contributed by atoms with E-state index in [0.29, 0.717) is 6.42 Å². The molecule has 0 rings (SSSR count). The summed E-state index contributed by atoms with van der Waals surface area (Å²) in [6.07, 6.45) is 4.93. The van der Waals surface area contributed by atoms with Gasteiger partial charge in [0, 0.05) is 7.11 Å². The number of carboxylic acid groups (broad SMARTS) is 1. The molecule has 0 aromatic rings. The summed E-state index contributed by atoms with van der Waals surface area (Å²) in [6.45, 7) is 3.76. The van der Waals surface area contributed by atoms with Crippen LogP contribution in [0.2, 0.25) is 0 Å². The standard InChI is InChI=1S/C10H20O3/c1-4-5-6-7-8-10(2,13-3)9(11)12/h4-8H2,1-3H3,(H,11,12). The summed E-state index contributed by atoms with van der Waals surface area (Å²) in [5.41, 5.74) is -0.992. The van der Waals surface area contributed by atoms with Crippen molar-refractivity contribution >= 4 is 5.97 Å². The van der Waals surface area contributed by atoms with Crippen LogP contribution in [0.15, 0.2) is 0 Å². The topological polar surface area (TPSA) is 46.5 Å². The number of hydrogen-bond donors (Lipinski definition) is 1. The number of carbonyl (C=O) groups is 1. The first kappa shape index (κ1) is 12.4. The molecule has 0 aliphatic carbocycles. The van der Waals surface area contributed by atoms with Gasteiger partial charge in [-0.15, -0.1) is 0 Å². The normalized spacial score (nSPS) is 15.3. The number of unbranched alkanes of at least 4 members (excludes halogenated alkanes) is 3. The molecule has 0 saturated heterocycles. The van der Waals surface area contributed by atoms with Gasteiger partial charge in [-0.05, 0) is 19.8 Å². The van der Waals surface area contributed by atoms with Crippen LogP contribution in [0, 0.1) is 0 Å². The minimum atomic E-state index is -0.992. The fraction of sp³-hybridized carbons (Fsp3) is 0.900. The van der Waals surface area contributed by atoms with Crippen LogP contribution < -0.4 is 0 Å². The van der Waals surface area contributed by atoms with E-state index in [0.717, 1.165) is 19.3 Å². The number of methoxy groups -OCH3 is 1. The Kier molecular flexibility index (Phi) is 5.71. The van der Waals surface area contributed by atoms with E-state index in [4.69, 9.17) is 9.84 Å². The van der Waals surface area contributed by atoms with Crippen molar-refractivity contribution < 1.29 is 14.6 Å². The van der Waals surface area contributed by atoms with Gasteiger partial charge in [-0.25, -0.2) is 4.79 Å². The maximum atomic E-state index is 10.8. The van der Waals surface area contributed by atoms with Gasteiger partial charge in [0.1, 0.15) is 0 Å². The molecule has 78 valence electrons. The molecule has 0 aliphatic rings. The number of hydrogen-bond acceptors (Lipinski definition) is 2. The summed E-state index contributed by atoms with van der Waals surface area (Å²) in [7, 11) is 1.45. The minimum Gasteiger partial charge on any atom is -0.479 e. The van der Waals surface area contributed by atoms with E-state index in [1.165, 1.54) is 13.5 Å². The Balaban J connectivity index is 3.78. The molecule has 0 aromatic heterocycles. The lowest BCUT2D eigenvalue weighted by Gasteiger charge is -2.22. The summed E-state index contributed by atoms with van der Waals surface area (Å²) in [5, 5.41) is 8.86. The molecule has 3 heteroatoms. The van der Waals surface area contributed by atoms with Crippen molar-refractivity contribution in [2.75, 3.05) is 7.11 Å². The second-order valence-electron chi connectivity index (χ2n) is 3.55. The maximum absolute atomic E-state index is 10.8. The van der Waals surface area contributed by atoms with Crippen LogP contribution in [0.25, 0.3) is 0 Å². The van der Waals surface area contributed by atoms with Gasteiger partial charge < -0.3 is 9.84 Å². The molecule has 0 bridgehead atoms. The quantitative estimate of drug-likeness (QED) is 0.624. The van der Waals surface area contributed by atoms with Gasteiger partial charge in [0.05, 0.1) is 0 Å². The zero-order chi connectivity index (χ0) is 10.3. The molecule has 1 unspecified atom stereocenters. The summed E-state index contributed by atoms with van der Waals surface area (Å²) >= 11 is 0. The highest BCUT2D eigenvalue weighted by atomic mass is 16.5. The van der Waals surface area contributed by atoms with E-state index >= 15 is 0 Å². The molecule has 0 radical (unpaired) electrons. The predicted molar refractivity (Wildman–Crippen MR) is 51.8 cm³/mol. The van der Waals surface area contributed by atoms with E-state index in [9.17, 15) is 4.79 Å². The second kappa shape index (κ2) is 5.97. The molecule has 0 spiro atoms. The Bertz CT molecular complexity index is 156. The van der Waals surface area contributed by atoms with Crippen LogP contribution in [0.1, 0.15) is 46.0 Å². The van der Waals surface area contributed by atoms with E-state index in [2.05, 4.69) is 6.92 Å². The first-order valence-electron chi connectivity index (χ1n) is 4.85. The van der Waals surface area contributed by atoms with Gasteiger partial charge in [0.2, 0.25) is 0 Å². The van der Waals surface area contributed by atoms with Crippen molar-refractivity contribution in [2.24, 2.45) is 0 Å². The Labute approximate surface area is 80.1 Å². The fourth-order valence-corrected chi connectivity index (χ4v) is 1.19. The third kappa shape index (κ3) is 4.27. The Morgan fingerprint density at radius 3 is 2.38 bits per heavy atom. The van der Waals surface area contributed by atoms with Gasteiger partial charge in [-0.1, -0.05) is 26.2 Å². The van der Waals surface area contributed by atoms with Crippen LogP contribution in [0.5, 0.6) is 0 Å². The van der Waals surface area contributed by atoms with Crippen molar-refractivity contribution in [1.29, 1.82) is 0 Å². The summed E-state index contributed by atoms with van der Waals surface area (Å²) < 4.78 is 4.98. The molecule has 0 amide bonds. The van der Waals surface area contributed by atoms with E-state index in [1.54, 1.807) is 6.92 Å². The first-order chi connectivity index (χ1) is 6.06. The summed E-state index contributed by atoms with van der Waals surface area (Å²) in [5.74, 6) is -0.869. The van der Waals surface area contributed by atoms with Crippen molar-refractivity contribution in [2.45, 2.75) is 51.6 Å². The fourth-order valence-electron chi connectivity index (χ4n) is 1.19. The molecular formula is C10H20O3. The zero-order valence-corrected chi connectivity index (χ0v) is 8.80. The minimum absolute atomic E-state index is 0.596. The highest BCUT2D eigenvalue weighted by Crippen LogP contribution is 2.19. The Hall–Kier alpha value is -0.570. The van der Waals surface area contributed by atoms with Gasteiger partial charge in [-0.3, -0.25) is 0 Å². The molecule has 1 N–H and O–H groups in total. The van der Waals surface area contributed by atoms with E-state index in [-0.39, 0.29) is 0 Å². The molecule has 0 saturated carbocycles. The number of rotatable bonds is 7. The Morgan fingerprint density at radius 2 is 2.00 bits per heavy atom. The van der Waals surface area contributed by atoms with Crippen molar-refractivity contribution in [1.82, 2.24) is 0 Å². The molecule has 3 nitrogen and oxygen atoms in total. The van der Waals surface area contributed by atoms with E-state index in [1.807, 2.05) is 0 Å². The highest BCUT2D eigenvalue weighted by Gasteiger charge is 2.31. The van der Waals surface area contributed by atoms with Crippen molar-refractivity contribution in [3.05, 3.63) is 0 Å². The van der Waals surface area contributed by atoms with Gasteiger partial charge in [-0.2, -0.15) is 0 Å².